The van der Waals surface area contributed by atoms with Crippen molar-refractivity contribution < 1.29 is 14.6 Å². The van der Waals surface area contributed by atoms with Gasteiger partial charge in [0.25, 0.3) is 0 Å². The zero-order valence-electron chi connectivity index (χ0n) is 17.1. The molecule has 2 N–H and O–H groups in total. The number of pyridine rings is 1. The Morgan fingerprint density at radius 3 is 2.42 bits per heavy atom. The van der Waals surface area contributed by atoms with Crippen molar-refractivity contribution in [3.8, 4) is 22.4 Å². The van der Waals surface area contributed by atoms with Crippen molar-refractivity contribution in [3.05, 3.63) is 78.5 Å². The zero-order chi connectivity index (χ0) is 20.8. The molecule has 0 radical (unpaired) electrons. The fourth-order valence-electron chi connectivity index (χ4n) is 4.82. The van der Waals surface area contributed by atoms with Gasteiger partial charge in [-0.15, -0.1) is 0 Å². The van der Waals surface area contributed by atoms with Gasteiger partial charge in [-0.2, -0.15) is 0 Å². The van der Waals surface area contributed by atoms with Crippen LogP contribution in [0.5, 0.6) is 0 Å². The monoisotopic (exact) mass is 412 g/mol. The van der Waals surface area contributed by atoms with E-state index in [9.17, 15) is 5.11 Å². The Morgan fingerprint density at radius 1 is 0.839 bits per heavy atom. The summed E-state index contributed by atoms with van der Waals surface area (Å²) in [5.41, 5.74) is 7.59. The Labute approximate surface area is 180 Å². The average molecular weight is 412 g/mol. The molecule has 156 valence electrons. The third-order valence-corrected chi connectivity index (χ3v) is 6.43. The highest BCUT2D eigenvalue weighted by Crippen LogP contribution is 2.33. The second-order valence-corrected chi connectivity index (χ2v) is 8.49. The van der Waals surface area contributed by atoms with Crippen LogP contribution in [0.2, 0.25) is 0 Å². The van der Waals surface area contributed by atoms with E-state index in [2.05, 4.69) is 71.7 Å². The number of nitrogens with one attached hydrogen (secondary N) is 1. The van der Waals surface area contributed by atoms with E-state index in [-0.39, 0.29) is 18.1 Å². The van der Waals surface area contributed by atoms with Crippen LogP contribution in [-0.4, -0.2) is 46.6 Å². The lowest BCUT2D eigenvalue weighted by molar-refractivity contribution is 0.0169. The fourth-order valence-corrected chi connectivity index (χ4v) is 4.82. The fraction of sp³-hybridized carbons (Fsp3) is 0.269. The van der Waals surface area contributed by atoms with Gasteiger partial charge in [-0.25, -0.2) is 4.98 Å². The lowest BCUT2D eigenvalue weighted by Gasteiger charge is -2.14. The molecule has 2 aliphatic rings. The third-order valence-electron chi connectivity index (χ3n) is 6.43. The van der Waals surface area contributed by atoms with E-state index < -0.39 is 6.10 Å². The summed E-state index contributed by atoms with van der Waals surface area (Å²) < 4.78 is 11.5. The molecule has 2 aromatic carbocycles. The molecule has 2 aromatic heterocycles. The molecule has 5 heteroatoms. The highest BCUT2D eigenvalue weighted by atomic mass is 16.6. The van der Waals surface area contributed by atoms with Gasteiger partial charge in [0.1, 0.15) is 12.2 Å². The molecule has 2 fully saturated rings. The van der Waals surface area contributed by atoms with Crippen LogP contribution in [-0.2, 0) is 15.9 Å². The van der Waals surface area contributed by atoms with E-state index in [0.29, 0.717) is 13.2 Å². The number of nitrogens with zero attached hydrogens (tertiary/aromatic N) is 1. The first kappa shape index (κ1) is 18.8. The van der Waals surface area contributed by atoms with E-state index in [4.69, 9.17) is 14.5 Å². The predicted octanol–water partition coefficient (Wildman–Crippen LogP) is 4.21. The van der Waals surface area contributed by atoms with E-state index in [0.717, 1.165) is 34.4 Å². The Morgan fingerprint density at radius 2 is 1.58 bits per heavy atom. The normalized spacial score (nSPS) is 25.2. The van der Waals surface area contributed by atoms with Crippen molar-refractivity contribution in [1.82, 2.24) is 9.97 Å². The predicted molar refractivity (Wildman–Crippen MR) is 120 cm³/mol. The Hall–Kier alpha value is -2.99. The number of H-pyrrole nitrogens is 1. The van der Waals surface area contributed by atoms with Gasteiger partial charge in [-0.1, -0.05) is 54.6 Å². The van der Waals surface area contributed by atoms with Gasteiger partial charge in [-0.05, 0) is 35.7 Å². The summed E-state index contributed by atoms with van der Waals surface area (Å²) in [5.74, 6) is 0.250. The number of aromatic amines is 1. The van der Waals surface area contributed by atoms with Crippen molar-refractivity contribution in [2.24, 2.45) is 5.92 Å². The molecule has 4 atom stereocenters. The molecule has 31 heavy (non-hydrogen) atoms. The number of aliphatic hydroxyl groups excluding tert-OH is 1. The second kappa shape index (κ2) is 7.61. The minimum atomic E-state index is -0.504. The molecule has 0 amide bonds. The summed E-state index contributed by atoms with van der Waals surface area (Å²) in [4.78, 5) is 8.37. The van der Waals surface area contributed by atoms with E-state index in [1.165, 1.54) is 11.1 Å². The Kier molecular flexibility index (Phi) is 4.60. The van der Waals surface area contributed by atoms with Crippen LogP contribution < -0.4 is 0 Å². The largest absolute Gasteiger partial charge is 0.388 e. The van der Waals surface area contributed by atoms with Gasteiger partial charge in [0, 0.05) is 17.2 Å². The molecule has 2 aliphatic heterocycles. The maximum atomic E-state index is 9.95. The average Bonchev–Trinajstić information content (AvgIpc) is 3.51. The third kappa shape index (κ3) is 3.45. The van der Waals surface area contributed by atoms with E-state index >= 15 is 0 Å². The van der Waals surface area contributed by atoms with E-state index in [1.807, 2.05) is 6.07 Å². The first-order valence-corrected chi connectivity index (χ1v) is 10.8. The van der Waals surface area contributed by atoms with Crippen LogP contribution in [0, 0.1) is 5.92 Å². The molecular weight excluding hydrogens is 388 g/mol. The molecule has 0 saturated carbocycles. The van der Waals surface area contributed by atoms with Crippen LogP contribution in [0.4, 0.5) is 0 Å². The molecule has 3 unspecified atom stereocenters. The maximum Gasteiger partial charge on any atom is 0.112 e. The van der Waals surface area contributed by atoms with E-state index in [1.54, 1.807) is 0 Å². The van der Waals surface area contributed by atoms with Gasteiger partial charge in [-0.3, -0.25) is 0 Å². The zero-order valence-corrected chi connectivity index (χ0v) is 17.1. The van der Waals surface area contributed by atoms with Crippen molar-refractivity contribution in [3.63, 3.8) is 0 Å². The quantitative estimate of drug-likeness (QED) is 0.527. The molecular formula is C26H24N2O3. The second-order valence-electron chi connectivity index (χ2n) is 8.49. The van der Waals surface area contributed by atoms with Crippen LogP contribution in [0.25, 0.3) is 33.4 Å². The van der Waals surface area contributed by atoms with Crippen molar-refractivity contribution >= 4 is 11.0 Å². The minimum absolute atomic E-state index is 0.0203. The van der Waals surface area contributed by atoms with Crippen molar-refractivity contribution in [2.45, 2.75) is 24.7 Å². The highest BCUT2D eigenvalue weighted by molar-refractivity contribution is 5.80. The topological polar surface area (TPSA) is 67.4 Å². The number of fused-ring (bicyclic) bond motifs is 2. The highest BCUT2D eigenvalue weighted by Gasteiger charge is 2.46. The summed E-state index contributed by atoms with van der Waals surface area (Å²) in [6.45, 7) is 0.987. The molecule has 4 aromatic rings. The summed E-state index contributed by atoms with van der Waals surface area (Å²) in [5, 5.41) is 9.95. The summed E-state index contributed by atoms with van der Waals surface area (Å²) >= 11 is 0. The first-order chi connectivity index (χ1) is 15.2. The molecule has 5 nitrogen and oxygen atoms in total. The first-order valence-electron chi connectivity index (χ1n) is 10.8. The molecule has 2 saturated heterocycles. The molecule has 6 rings (SSSR count). The van der Waals surface area contributed by atoms with Crippen LogP contribution in [0.15, 0.2) is 72.8 Å². The SMILES string of the molecule is OC1COC2C(Cc3cc4nc(-c5ccc(-c6ccccc6)cc5)ccc4[nH]3)CO[C@H]12. The van der Waals surface area contributed by atoms with Crippen molar-refractivity contribution in [1.29, 1.82) is 0 Å². The molecule has 0 spiro atoms. The summed E-state index contributed by atoms with van der Waals surface area (Å²) in [7, 11) is 0. The smallest absolute Gasteiger partial charge is 0.112 e. The van der Waals surface area contributed by atoms with Gasteiger partial charge in [0.2, 0.25) is 0 Å². The number of hydrogen-bond acceptors (Lipinski definition) is 4. The van der Waals surface area contributed by atoms with Gasteiger partial charge < -0.3 is 19.6 Å². The Bertz CT molecular complexity index is 1200. The molecule has 0 bridgehead atoms. The Balaban J connectivity index is 1.23. The number of benzene rings is 2. The molecule has 0 aliphatic carbocycles. The van der Waals surface area contributed by atoms with Crippen LogP contribution in [0.3, 0.4) is 0 Å². The number of ether oxygens (including phenoxy) is 2. The van der Waals surface area contributed by atoms with Crippen LogP contribution in [0.1, 0.15) is 5.69 Å². The van der Waals surface area contributed by atoms with Crippen molar-refractivity contribution in [2.75, 3.05) is 13.2 Å². The van der Waals surface area contributed by atoms with Crippen LogP contribution >= 0.6 is 0 Å². The minimum Gasteiger partial charge on any atom is -0.388 e. The van der Waals surface area contributed by atoms with Gasteiger partial charge in [0.15, 0.2) is 0 Å². The standard InChI is InChI=1S/C26H24N2O3/c29-24-15-31-25-19(14-30-26(24)25)12-20-13-23-22(27-20)11-10-21(28-23)18-8-6-17(7-9-18)16-4-2-1-3-5-16/h1-11,13,19,24-27,29H,12,14-15H2/t19?,24?,25?,26-/m1/s1. The maximum absolute atomic E-state index is 9.95. The van der Waals surface area contributed by atoms with Gasteiger partial charge in [0.05, 0.1) is 36.0 Å². The number of aromatic nitrogens is 2. The number of aliphatic hydroxyl groups is 1. The number of hydrogen-bond donors (Lipinski definition) is 2. The molecule has 4 heterocycles. The lowest BCUT2D eigenvalue weighted by Crippen LogP contribution is -2.29. The lowest BCUT2D eigenvalue weighted by atomic mass is 9.96. The number of rotatable bonds is 4. The van der Waals surface area contributed by atoms with Gasteiger partial charge >= 0.3 is 0 Å². The summed E-state index contributed by atoms with van der Waals surface area (Å²) in [6.07, 6.45) is 0.118. The summed E-state index contributed by atoms with van der Waals surface area (Å²) in [6, 6.07) is 25.2.